The molecule has 1 aromatic rings. The molecule has 0 aliphatic heterocycles. The summed E-state index contributed by atoms with van der Waals surface area (Å²) in [6.45, 7) is 3.78. The van der Waals surface area contributed by atoms with Crippen LogP contribution in [-0.4, -0.2) is 44.2 Å². The molecule has 0 amide bonds. The molecule has 4 heteroatoms. The summed E-state index contributed by atoms with van der Waals surface area (Å²) >= 11 is 0. The molecule has 4 nitrogen and oxygen atoms in total. The van der Waals surface area contributed by atoms with Gasteiger partial charge in [-0.1, -0.05) is 6.92 Å². The van der Waals surface area contributed by atoms with Gasteiger partial charge in [-0.15, -0.1) is 0 Å². The molecular weight excluding hydrogens is 214 g/mol. The van der Waals surface area contributed by atoms with Crippen LogP contribution in [0.2, 0.25) is 0 Å². The maximum atomic E-state index is 5.59. The number of likely N-dealkylation sites (N-methyl/N-ethyl adjacent to an activating group) is 2. The molecule has 0 aromatic carbocycles. The standard InChI is InChI=1S/C13H23N3O/c1-5-6-17-12-7-11(8-15-9-12)13(14-2)10-16(3)4/h7-9,13-14H,5-6,10H2,1-4H3. The van der Waals surface area contributed by atoms with Crippen molar-refractivity contribution in [1.29, 1.82) is 0 Å². The minimum atomic E-state index is 0.280. The summed E-state index contributed by atoms with van der Waals surface area (Å²) in [6, 6.07) is 2.34. The van der Waals surface area contributed by atoms with E-state index in [2.05, 4.69) is 42.3 Å². The number of hydrogen-bond donors (Lipinski definition) is 1. The molecule has 0 radical (unpaired) electrons. The first-order chi connectivity index (χ1) is 8.17. The van der Waals surface area contributed by atoms with Crippen LogP contribution >= 0.6 is 0 Å². The van der Waals surface area contributed by atoms with Crippen LogP contribution in [0.1, 0.15) is 24.9 Å². The molecular formula is C13H23N3O. The van der Waals surface area contributed by atoms with Crippen molar-refractivity contribution in [3.05, 3.63) is 24.0 Å². The summed E-state index contributed by atoms with van der Waals surface area (Å²) in [6.07, 6.45) is 4.67. The predicted molar refractivity (Wildman–Crippen MR) is 70.4 cm³/mol. The van der Waals surface area contributed by atoms with E-state index in [-0.39, 0.29) is 6.04 Å². The number of rotatable bonds is 7. The van der Waals surface area contributed by atoms with Crippen LogP contribution in [-0.2, 0) is 0 Å². The van der Waals surface area contributed by atoms with Gasteiger partial charge in [0.25, 0.3) is 0 Å². The smallest absolute Gasteiger partial charge is 0.137 e. The summed E-state index contributed by atoms with van der Waals surface area (Å²) in [7, 11) is 6.10. The second-order valence-electron chi connectivity index (χ2n) is 4.41. The lowest BCUT2D eigenvalue weighted by Gasteiger charge is -2.21. The van der Waals surface area contributed by atoms with Gasteiger partial charge in [0.05, 0.1) is 12.8 Å². The van der Waals surface area contributed by atoms with E-state index >= 15 is 0 Å². The van der Waals surface area contributed by atoms with Crippen LogP contribution in [0.15, 0.2) is 18.5 Å². The highest BCUT2D eigenvalue weighted by molar-refractivity contribution is 5.26. The molecule has 0 bridgehead atoms. The Labute approximate surface area is 104 Å². The quantitative estimate of drug-likeness (QED) is 0.783. The summed E-state index contributed by atoms with van der Waals surface area (Å²) in [5.41, 5.74) is 1.16. The molecule has 0 spiro atoms. The first-order valence-electron chi connectivity index (χ1n) is 6.07. The summed E-state index contributed by atoms with van der Waals surface area (Å²) in [4.78, 5) is 6.38. The Morgan fingerprint density at radius 2 is 2.18 bits per heavy atom. The van der Waals surface area contributed by atoms with Crippen LogP contribution in [0.25, 0.3) is 0 Å². The minimum absolute atomic E-state index is 0.280. The van der Waals surface area contributed by atoms with E-state index in [1.165, 1.54) is 0 Å². The molecule has 0 saturated heterocycles. The van der Waals surface area contributed by atoms with E-state index in [4.69, 9.17) is 4.74 Å². The van der Waals surface area contributed by atoms with Crippen LogP contribution in [0.5, 0.6) is 5.75 Å². The van der Waals surface area contributed by atoms with Crippen molar-refractivity contribution in [3.8, 4) is 5.75 Å². The predicted octanol–water partition coefficient (Wildman–Crippen LogP) is 1.69. The van der Waals surface area contributed by atoms with Crippen molar-refractivity contribution in [2.75, 3.05) is 34.3 Å². The van der Waals surface area contributed by atoms with Crippen molar-refractivity contribution in [2.24, 2.45) is 0 Å². The van der Waals surface area contributed by atoms with Gasteiger partial charge in [0.2, 0.25) is 0 Å². The molecule has 96 valence electrons. The Morgan fingerprint density at radius 3 is 2.76 bits per heavy atom. The number of hydrogen-bond acceptors (Lipinski definition) is 4. The monoisotopic (exact) mass is 237 g/mol. The van der Waals surface area contributed by atoms with Gasteiger partial charge in [0, 0.05) is 18.8 Å². The molecule has 1 rings (SSSR count). The fraction of sp³-hybridized carbons (Fsp3) is 0.615. The fourth-order valence-electron chi connectivity index (χ4n) is 1.65. The van der Waals surface area contributed by atoms with Gasteiger partial charge in [-0.2, -0.15) is 0 Å². The Morgan fingerprint density at radius 1 is 1.41 bits per heavy atom. The molecule has 0 aliphatic carbocycles. The maximum Gasteiger partial charge on any atom is 0.137 e. The van der Waals surface area contributed by atoms with Gasteiger partial charge >= 0.3 is 0 Å². The van der Waals surface area contributed by atoms with Gasteiger partial charge in [0.15, 0.2) is 0 Å². The zero-order valence-electron chi connectivity index (χ0n) is 11.2. The number of ether oxygens (including phenoxy) is 1. The molecule has 1 atom stereocenters. The van der Waals surface area contributed by atoms with E-state index in [1.807, 2.05) is 13.2 Å². The Bertz CT molecular complexity index is 328. The van der Waals surface area contributed by atoms with Gasteiger partial charge < -0.3 is 15.0 Å². The molecule has 1 aromatic heterocycles. The maximum absolute atomic E-state index is 5.59. The minimum Gasteiger partial charge on any atom is -0.492 e. The van der Waals surface area contributed by atoms with Crippen molar-refractivity contribution in [3.63, 3.8) is 0 Å². The average molecular weight is 237 g/mol. The van der Waals surface area contributed by atoms with E-state index < -0.39 is 0 Å². The molecule has 1 unspecified atom stereocenters. The third kappa shape index (κ3) is 4.71. The highest BCUT2D eigenvalue weighted by Gasteiger charge is 2.11. The second-order valence-corrected chi connectivity index (χ2v) is 4.41. The van der Waals surface area contributed by atoms with Gasteiger partial charge in [0.1, 0.15) is 5.75 Å². The first-order valence-corrected chi connectivity index (χ1v) is 6.07. The van der Waals surface area contributed by atoms with Gasteiger partial charge in [-0.3, -0.25) is 4.98 Å². The SMILES string of the molecule is CCCOc1cncc(C(CN(C)C)NC)c1. The van der Waals surface area contributed by atoms with Crippen LogP contribution in [0.4, 0.5) is 0 Å². The van der Waals surface area contributed by atoms with Crippen LogP contribution in [0, 0.1) is 0 Å². The average Bonchev–Trinajstić information content (AvgIpc) is 2.33. The van der Waals surface area contributed by atoms with E-state index in [0.29, 0.717) is 0 Å². The fourth-order valence-corrected chi connectivity index (χ4v) is 1.65. The lowest BCUT2D eigenvalue weighted by molar-refractivity contribution is 0.314. The molecule has 1 heterocycles. The third-order valence-corrected chi connectivity index (χ3v) is 2.51. The largest absolute Gasteiger partial charge is 0.492 e. The lowest BCUT2D eigenvalue weighted by atomic mass is 10.1. The van der Waals surface area contributed by atoms with Gasteiger partial charge in [-0.25, -0.2) is 0 Å². The summed E-state index contributed by atoms with van der Waals surface area (Å²) in [5.74, 6) is 0.850. The normalized spacial score (nSPS) is 12.8. The summed E-state index contributed by atoms with van der Waals surface area (Å²) in [5, 5.41) is 3.30. The Hall–Kier alpha value is -1.13. The van der Waals surface area contributed by atoms with Crippen molar-refractivity contribution in [2.45, 2.75) is 19.4 Å². The van der Waals surface area contributed by atoms with E-state index in [1.54, 1.807) is 6.20 Å². The number of nitrogens with zero attached hydrogens (tertiary/aromatic N) is 2. The van der Waals surface area contributed by atoms with Crippen LogP contribution in [0.3, 0.4) is 0 Å². The molecule has 0 fully saturated rings. The summed E-state index contributed by atoms with van der Waals surface area (Å²) < 4.78 is 5.59. The molecule has 1 N–H and O–H groups in total. The molecule has 17 heavy (non-hydrogen) atoms. The van der Waals surface area contributed by atoms with Crippen molar-refractivity contribution >= 4 is 0 Å². The van der Waals surface area contributed by atoms with E-state index in [0.717, 1.165) is 30.9 Å². The second kappa shape index (κ2) is 7.25. The molecule has 0 saturated carbocycles. The van der Waals surface area contributed by atoms with Crippen molar-refractivity contribution in [1.82, 2.24) is 15.2 Å². The zero-order valence-corrected chi connectivity index (χ0v) is 11.2. The first kappa shape index (κ1) is 13.9. The Kier molecular flexibility index (Phi) is 5.94. The number of pyridine rings is 1. The number of aromatic nitrogens is 1. The highest BCUT2D eigenvalue weighted by Crippen LogP contribution is 2.18. The van der Waals surface area contributed by atoms with Crippen molar-refractivity contribution < 1.29 is 4.74 Å². The van der Waals surface area contributed by atoms with E-state index in [9.17, 15) is 0 Å². The lowest BCUT2D eigenvalue weighted by Crippen LogP contribution is -2.28. The van der Waals surface area contributed by atoms with Gasteiger partial charge in [-0.05, 0) is 39.2 Å². The Balaban J connectivity index is 2.73. The number of nitrogens with one attached hydrogen (secondary N) is 1. The highest BCUT2D eigenvalue weighted by atomic mass is 16.5. The third-order valence-electron chi connectivity index (χ3n) is 2.51. The zero-order chi connectivity index (χ0) is 12.7. The molecule has 0 aliphatic rings. The topological polar surface area (TPSA) is 37.4 Å². The van der Waals surface area contributed by atoms with Crippen LogP contribution < -0.4 is 10.1 Å².